The van der Waals surface area contributed by atoms with Crippen molar-refractivity contribution in [2.45, 2.75) is 37.0 Å². The Bertz CT molecular complexity index is 556. The van der Waals surface area contributed by atoms with E-state index < -0.39 is 0 Å². The van der Waals surface area contributed by atoms with Crippen molar-refractivity contribution < 1.29 is 0 Å². The Morgan fingerprint density at radius 3 is 2.31 bits per heavy atom. The Labute approximate surface area is 108 Å². The molecule has 0 heterocycles. The fraction of sp³-hybridized carbons (Fsp3) is 0.286. The van der Waals surface area contributed by atoms with Crippen LogP contribution in [0, 0.1) is 13.8 Å². The van der Waals surface area contributed by atoms with E-state index in [-0.39, 0.29) is 0 Å². The molecule has 2 heteroatoms. The Kier molecular flexibility index (Phi) is 3.22. The zero-order chi connectivity index (χ0) is 11.9. The van der Waals surface area contributed by atoms with E-state index in [1.165, 1.54) is 27.5 Å². The summed E-state index contributed by atoms with van der Waals surface area (Å²) in [6.45, 7) is 6.49. The van der Waals surface area contributed by atoms with Gasteiger partial charge < -0.3 is 0 Å². The zero-order valence-electron chi connectivity index (χ0n) is 9.83. The number of hydrogen-bond acceptors (Lipinski definition) is 2. The summed E-state index contributed by atoms with van der Waals surface area (Å²) in [6.07, 6.45) is 1.04. The van der Waals surface area contributed by atoms with Gasteiger partial charge in [0.25, 0.3) is 0 Å². The van der Waals surface area contributed by atoms with Gasteiger partial charge in [-0.1, -0.05) is 6.92 Å². The lowest BCUT2D eigenvalue weighted by atomic mass is 9.95. The van der Waals surface area contributed by atoms with Crippen molar-refractivity contribution >= 4 is 36.0 Å². The van der Waals surface area contributed by atoms with Gasteiger partial charge in [0.2, 0.25) is 0 Å². The molecular weight excluding hydrogens is 232 g/mol. The molecule has 0 saturated heterocycles. The van der Waals surface area contributed by atoms with Crippen LogP contribution in [0.5, 0.6) is 0 Å². The van der Waals surface area contributed by atoms with Crippen LogP contribution in [0.25, 0.3) is 10.8 Å². The molecule has 84 valence electrons. The molecule has 2 rings (SSSR count). The monoisotopic (exact) mass is 248 g/mol. The number of fused-ring (bicyclic) bond motifs is 1. The molecule has 0 unspecified atom stereocenters. The number of benzene rings is 2. The molecule has 0 aromatic heterocycles. The van der Waals surface area contributed by atoms with Gasteiger partial charge in [-0.15, -0.1) is 25.3 Å². The predicted octanol–water partition coefficient (Wildman–Crippen LogP) is 4.60. The smallest absolute Gasteiger partial charge is 0.00782 e. The van der Waals surface area contributed by atoms with Crippen molar-refractivity contribution in [1.29, 1.82) is 0 Å². The minimum Gasteiger partial charge on any atom is -0.143 e. The molecule has 0 radical (unpaired) electrons. The second-order valence-electron chi connectivity index (χ2n) is 4.20. The first-order valence-electron chi connectivity index (χ1n) is 5.49. The second kappa shape index (κ2) is 4.34. The van der Waals surface area contributed by atoms with Gasteiger partial charge in [-0.25, -0.2) is 0 Å². The molecule has 0 aliphatic rings. The standard InChI is InChI=1S/C14H16S2/c1-4-10-5-12(15)6-11-7-13(16)8(2)9(3)14(10)11/h5-7,15-16H,4H2,1-3H3. The van der Waals surface area contributed by atoms with Crippen LogP contribution in [-0.4, -0.2) is 0 Å². The Morgan fingerprint density at radius 1 is 1.00 bits per heavy atom. The van der Waals surface area contributed by atoms with E-state index in [0.29, 0.717) is 0 Å². The fourth-order valence-electron chi connectivity index (χ4n) is 2.19. The highest BCUT2D eigenvalue weighted by Crippen LogP contribution is 2.31. The topological polar surface area (TPSA) is 0 Å². The maximum absolute atomic E-state index is 4.52. The van der Waals surface area contributed by atoms with E-state index in [1.807, 2.05) is 0 Å². The average Bonchev–Trinajstić information content (AvgIpc) is 2.24. The van der Waals surface area contributed by atoms with Crippen LogP contribution in [-0.2, 0) is 6.42 Å². The first-order valence-corrected chi connectivity index (χ1v) is 6.38. The van der Waals surface area contributed by atoms with Crippen molar-refractivity contribution in [3.8, 4) is 0 Å². The van der Waals surface area contributed by atoms with Gasteiger partial charge in [-0.2, -0.15) is 0 Å². The molecule has 2 aromatic rings. The van der Waals surface area contributed by atoms with Crippen molar-refractivity contribution in [1.82, 2.24) is 0 Å². The lowest BCUT2D eigenvalue weighted by Crippen LogP contribution is -1.92. The Morgan fingerprint density at radius 2 is 1.69 bits per heavy atom. The summed E-state index contributed by atoms with van der Waals surface area (Å²) in [5, 5.41) is 2.62. The predicted molar refractivity (Wildman–Crippen MR) is 77.3 cm³/mol. The largest absolute Gasteiger partial charge is 0.143 e. The van der Waals surface area contributed by atoms with Gasteiger partial charge in [0, 0.05) is 9.79 Å². The summed E-state index contributed by atoms with van der Waals surface area (Å²) in [5.41, 5.74) is 3.99. The first kappa shape index (κ1) is 11.9. The second-order valence-corrected chi connectivity index (χ2v) is 5.20. The number of thiol groups is 2. The van der Waals surface area contributed by atoms with Gasteiger partial charge in [-0.3, -0.25) is 0 Å². The fourth-order valence-corrected chi connectivity index (χ4v) is 2.80. The number of rotatable bonds is 1. The Balaban J connectivity index is 2.95. The molecule has 0 nitrogen and oxygen atoms in total. The molecular formula is C14H16S2. The van der Waals surface area contributed by atoms with Crippen LogP contribution in [0.3, 0.4) is 0 Å². The van der Waals surface area contributed by atoms with Crippen LogP contribution in [0.1, 0.15) is 23.6 Å². The number of hydrogen-bond donors (Lipinski definition) is 2. The van der Waals surface area contributed by atoms with Gasteiger partial charge in [0.15, 0.2) is 0 Å². The minimum absolute atomic E-state index is 1.03. The molecule has 16 heavy (non-hydrogen) atoms. The van der Waals surface area contributed by atoms with E-state index in [9.17, 15) is 0 Å². The minimum atomic E-state index is 1.03. The summed E-state index contributed by atoms with van der Waals surface area (Å²) in [4.78, 5) is 2.09. The highest BCUT2D eigenvalue weighted by molar-refractivity contribution is 7.80. The SMILES string of the molecule is CCc1cc(S)cc2cc(S)c(C)c(C)c12. The van der Waals surface area contributed by atoms with Crippen molar-refractivity contribution in [2.75, 3.05) is 0 Å². The number of aryl methyl sites for hydroxylation is 2. The molecule has 0 atom stereocenters. The third-order valence-corrected chi connectivity index (χ3v) is 3.95. The normalized spacial score (nSPS) is 11.1. The highest BCUT2D eigenvalue weighted by atomic mass is 32.1. The van der Waals surface area contributed by atoms with Gasteiger partial charge in [0.05, 0.1) is 0 Å². The quantitative estimate of drug-likeness (QED) is 0.677. The zero-order valence-corrected chi connectivity index (χ0v) is 11.6. The molecule has 0 N–H and O–H groups in total. The molecule has 0 saturated carbocycles. The molecule has 0 bridgehead atoms. The third-order valence-electron chi connectivity index (χ3n) is 3.23. The van der Waals surface area contributed by atoms with E-state index in [2.05, 4.69) is 64.2 Å². The van der Waals surface area contributed by atoms with E-state index >= 15 is 0 Å². The molecule has 2 aromatic carbocycles. The maximum Gasteiger partial charge on any atom is 0.00782 e. The van der Waals surface area contributed by atoms with Crippen molar-refractivity contribution in [3.05, 3.63) is 34.9 Å². The third kappa shape index (κ3) is 1.85. The maximum atomic E-state index is 4.52. The van der Waals surface area contributed by atoms with Crippen LogP contribution >= 0.6 is 25.3 Å². The van der Waals surface area contributed by atoms with Crippen LogP contribution in [0.2, 0.25) is 0 Å². The molecule has 0 aliphatic heterocycles. The molecule has 0 spiro atoms. The summed E-state index contributed by atoms with van der Waals surface area (Å²) in [7, 11) is 0. The summed E-state index contributed by atoms with van der Waals surface area (Å²) < 4.78 is 0. The van der Waals surface area contributed by atoms with Gasteiger partial charge in [-0.05, 0) is 65.9 Å². The van der Waals surface area contributed by atoms with E-state index in [1.54, 1.807) is 0 Å². The van der Waals surface area contributed by atoms with Crippen LogP contribution in [0.4, 0.5) is 0 Å². The van der Waals surface area contributed by atoms with Gasteiger partial charge >= 0.3 is 0 Å². The van der Waals surface area contributed by atoms with E-state index in [4.69, 9.17) is 0 Å². The van der Waals surface area contributed by atoms with Crippen LogP contribution < -0.4 is 0 Å². The van der Waals surface area contributed by atoms with Crippen LogP contribution in [0.15, 0.2) is 28.0 Å². The van der Waals surface area contributed by atoms with Crippen molar-refractivity contribution in [2.24, 2.45) is 0 Å². The molecule has 0 amide bonds. The molecule has 0 fully saturated rings. The average molecular weight is 248 g/mol. The van der Waals surface area contributed by atoms with Gasteiger partial charge in [0.1, 0.15) is 0 Å². The lowest BCUT2D eigenvalue weighted by molar-refractivity contribution is 1.13. The molecule has 0 aliphatic carbocycles. The van der Waals surface area contributed by atoms with E-state index in [0.717, 1.165) is 16.2 Å². The summed E-state index contributed by atoms with van der Waals surface area (Å²) in [6, 6.07) is 6.42. The summed E-state index contributed by atoms with van der Waals surface area (Å²) in [5.74, 6) is 0. The summed E-state index contributed by atoms with van der Waals surface area (Å²) >= 11 is 8.97. The first-order chi connectivity index (χ1) is 7.54. The highest BCUT2D eigenvalue weighted by Gasteiger charge is 2.08. The lowest BCUT2D eigenvalue weighted by Gasteiger charge is -2.13. The Hall–Kier alpha value is -0.600. The van der Waals surface area contributed by atoms with Crippen molar-refractivity contribution in [3.63, 3.8) is 0 Å².